The van der Waals surface area contributed by atoms with Crippen molar-refractivity contribution in [3.63, 3.8) is 0 Å². The van der Waals surface area contributed by atoms with Gasteiger partial charge >= 0.3 is 0 Å². The number of hydrogen-bond donors (Lipinski definition) is 0. The number of rotatable bonds is 11. The van der Waals surface area contributed by atoms with E-state index in [0.29, 0.717) is 19.6 Å². The van der Waals surface area contributed by atoms with Crippen LogP contribution < -0.4 is 0 Å². The maximum absolute atomic E-state index is 12.0. The van der Waals surface area contributed by atoms with Crippen molar-refractivity contribution in [3.05, 3.63) is 56.8 Å². The van der Waals surface area contributed by atoms with E-state index in [1.807, 2.05) is 6.92 Å². The van der Waals surface area contributed by atoms with Crippen LogP contribution in [0.2, 0.25) is 36.3 Å². The van der Waals surface area contributed by atoms with E-state index in [-0.39, 0.29) is 15.9 Å². The summed E-state index contributed by atoms with van der Waals surface area (Å²) in [5.74, 6) is 0.234. The summed E-state index contributed by atoms with van der Waals surface area (Å²) in [5.41, 5.74) is 5.04. The second kappa shape index (κ2) is 11.6. The molecule has 6 heteroatoms. The first-order valence-corrected chi connectivity index (χ1v) is 19.7. The van der Waals surface area contributed by atoms with Crippen LogP contribution >= 0.6 is 11.3 Å². The minimum absolute atomic E-state index is 0.176. The van der Waals surface area contributed by atoms with Gasteiger partial charge in [0.05, 0.1) is 18.1 Å². The molecule has 0 radical (unpaired) electrons. The van der Waals surface area contributed by atoms with E-state index in [0.717, 1.165) is 17.7 Å². The van der Waals surface area contributed by atoms with Gasteiger partial charge in [0, 0.05) is 6.42 Å². The van der Waals surface area contributed by atoms with Crippen LogP contribution in [-0.4, -0.2) is 22.4 Å². The molecule has 0 unspecified atom stereocenters. The predicted molar refractivity (Wildman–Crippen MR) is 157 cm³/mol. The fraction of sp³-hybridized carbons (Fsp3) is 0.621. The average molecular weight is 533 g/mol. The molecule has 1 heterocycles. The standard InChI is InChI=1S/C29H48O3SSi2/c1-12-26(30)27-18-23(21-33-27)14-13-22-15-16-24(19-31-34(8,9)28(2,3)4)25(17-22)20-32-35(10,11)29(5,6)7/h15-18,21H,12-14,19-20H2,1-11H3. The molecule has 0 fully saturated rings. The molecule has 1 aromatic carbocycles. The molecular weight excluding hydrogens is 485 g/mol. The van der Waals surface area contributed by atoms with Crippen LogP contribution in [0, 0.1) is 0 Å². The molecule has 0 aliphatic heterocycles. The molecule has 0 aliphatic carbocycles. The van der Waals surface area contributed by atoms with Gasteiger partial charge < -0.3 is 8.85 Å². The highest BCUT2D eigenvalue weighted by Gasteiger charge is 2.38. The van der Waals surface area contributed by atoms with Gasteiger partial charge in [-0.05, 0) is 82.8 Å². The van der Waals surface area contributed by atoms with E-state index in [9.17, 15) is 4.79 Å². The fourth-order valence-corrected chi connectivity index (χ4v) is 6.03. The summed E-state index contributed by atoms with van der Waals surface area (Å²) in [6.45, 7) is 26.2. The molecule has 1 aromatic heterocycles. The summed E-state index contributed by atoms with van der Waals surface area (Å²) in [6.07, 6.45) is 2.46. The van der Waals surface area contributed by atoms with Crippen LogP contribution in [0.15, 0.2) is 29.6 Å². The SMILES string of the molecule is CCC(=O)c1cc(CCc2ccc(CO[Si](C)(C)C(C)(C)C)c(CO[Si](C)(C)C(C)(C)C)c2)cs1. The molecule has 2 aromatic rings. The summed E-state index contributed by atoms with van der Waals surface area (Å²) in [7, 11) is -3.70. The third-order valence-electron chi connectivity index (χ3n) is 8.01. The largest absolute Gasteiger partial charge is 0.413 e. The molecule has 0 saturated carbocycles. The first-order chi connectivity index (χ1) is 16.0. The smallest absolute Gasteiger partial charge is 0.192 e. The van der Waals surface area contributed by atoms with Crippen molar-refractivity contribution in [1.29, 1.82) is 0 Å². The van der Waals surface area contributed by atoms with Gasteiger partial charge in [-0.2, -0.15) is 0 Å². The van der Waals surface area contributed by atoms with Gasteiger partial charge in [-0.15, -0.1) is 11.3 Å². The lowest BCUT2D eigenvalue weighted by Crippen LogP contribution is -2.41. The second-order valence-electron chi connectivity index (χ2n) is 12.8. The third-order valence-corrected chi connectivity index (χ3v) is 18.0. The monoisotopic (exact) mass is 532 g/mol. The number of aryl methyl sites for hydroxylation is 2. The highest BCUT2D eigenvalue weighted by Crippen LogP contribution is 2.39. The van der Waals surface area contributed by atoms with Crippen LogP contribution in [-0.2, 0) is 34.9 Å². The molecule has 0 atom stereocenters. The van der Waals surface area contributed by atoms with Gasteiger partial charge in [0.15, 0.2) is 22.4 Å². The Kier molecular flexibility index (Phi) is 9.96. The summed E-state index contributed by atoms with van der Waals surface area (Å²) in [6, 6.07) is 8.87. The van der Waals surface area contributed by atoms with E-state index >= 15 is 0 Å². The Labute approximate surface area is 220 Å². The zero-order valence-electron chi connectivity index (χ0n) is 24.1. The molecule has 2 rings (SSSR count). The predicted octanol–water partition coefficient (Wildman–Crippen LogP) is 9.17. The first kappa shape index (κ1) is 30.2. The Morgan fingerprint density at radius 1 is 0.800 bits per heavy atom. The van der Waals surface area contributed by atoms with E-state index in [2.05, 4.69) is 97.4 Å². The Hall–Kier alpha value is -1.06. The summed E-state index contributed by atoms with van der Waals surface area (Å²) >= 11 is 1.57. The molecule has 3 nitrogen and oxygen atoms in total. The molecule has 0 bridgehead atoms. The number of carbonyl (C=O) groups excluding carboxylic acids is 1. The lowest BCUT2D eigenvalue weighted by molar-refractivity contribution is 0.0992. The molecule has 0 N–H and O–H groups in total. The maximum Gasteiger partial charge on any atom is 0.192 e. The Morgan fingerprint density at radius 3 is 1.83 bits per heavy atom. The Bertz CT molecular complexity index is 994. The van der Waals surface area contributed by atoms with E-state index < -0.39 is 16.6 Å². The number of hydrogen-bond acceptors (Lipinski definition) is 4. The fourth-order valence-electron chi connectivity index (χ4n) is 3.18. The summed E-state index contributed by atoms with van der Waals surface area (Å²) in [4.78, 5) is 12.9. The van der Waals surface area contributed by atoms with Crippen molar-refractivity contribution in [3.8, 4) is 0 Å². The third kappa shape index (κ3) is 8.22. The van der Waals surface area contributed by atoms with Crippen molar-refractivity contribution < 1.29 is 13.6 Å². The van der Waals surface area contributed by atoms with Crippen molar-refractivity contribution >= 4 is 33.8 Å². The van der Waals surface area contributed by atoms with E-state index in [1.165, 1.54) is 22.3 Å². The molecule has 0 amide bonds. The summed E-state index contributed by atoms with van der Waals surface area (Å²) in [5, 5.41) is 2.49. The highest BCUT2D eigenvalue weighted by atomic mass is 32.1. The summed E-state index contributed by atoms with van der Waals surface area (Å²) < 4.78 is 13.2. The lowest BCUT2D eigenvalue weighted by Gasteiger charge is -2.37. The second-order valence-corrected chi connectivity index (χ2v) is 23.3. The van der Waals surface area contributed by atoms with Gasteiger partial charge in [-0.1, -0.05) is 66.7 Å². The van der Waals surface area contributed by atoms with Crippen molar-refractivity contribution in [1.82, 2.24) is 0 Å². The van der Waals surface area contributed by atoms with Crippen molar-refractivity contribution in [2.75, 3.05) is 0 Å². The normalized spacial score (nSPS) is 13.3. The topological polar surface area (TPSA) is 35.5 Å². The molecule has 0 saturated heterocycles. The molecule has 35 heavy (non-hydrogen) atoms. The molecule has 196 valence electrons. The average Bonchev–Trinajstić information content (AvgIpc) is 3.22. The van der Waals surface area contributed by atoms with Crippen LogP contribution in [0.5, 0.6) is 0 Å². The lowest BCUT2D eigenvalue weighted by atomic mass is 10.0. The van der Waals surface area contributed by atoms with Crippen LogP contribution in [0.25, 0.3) is 0 Å². The Morgan fingerprint density at radius 2 is 1.31 bits per heavy atom. The van der Waals surface area contributed by atoms with Crippen LogP contribution in [0.1, 0.15) is 86.8 Å². The van der Waals surface area contributed by atoms with Crippen LogP contribution in [0.4, 0.5) is 0 Å². The number of ketones is 1. The number of carbonyl (C=O) groups is 1. The van der Waals surface area contributed by atoms with Gasteiger partial charge in [0.25, 0.3) is 0 Å². The molecular formula is C29H48O3SSi2. The minimum atomic E-state index is -1.86. The van der Waals surface area contributed by atoms with Crippen molar-refractivity contribution in [2.24, 2.45) is 0 Å². The van der Waals surface area contributed by atoms with E-state index in [1.54, 1.807) is 11.3 Å². The zero-order chi connectivity index (χ0) is 26.7. The Balaban J connectivity index is 2.22. The molecule has 0 spiro atoms. The van der Waals surface area contributed by atoms with Gasteiger partial charge in [-0.3, -0.25) is 4.79 Å². The minimum Gasteiger partial charge on any atom is -0.413 e. The number of benzene rings is 1. The number of Topliss-reactive ketones (excluding diaryl/α,β-unsaturated/α-hetero) is 1. The van der Waals surface area contributed by atoms with Gasteiger partial charge in [0.2, 0.25) is 0 Å². The van der Waals surface area contributed by atoms with Crippen LogP contribution in [0.3, 0.4) is 0 Å². The first-order valence-electron chi connectivity index (χ1n) is 13.0. The quantitative estimate of drug-likeness (QED) is 0.214. The number of thiophene rings is 1. The maximum atomic E-state index is 12.0. The van der Waals surface area contributed by atoms with Gasteiger partial charge in [0.1, 0.15) is 0 Å². The highest BCUT2D eigenvalue weighted by molar-refractivity contribution is 7.12. The molecule has 0 aliphatic rings. The zero-order valence-corrected chi connectivity index (χ0v) is 26.9. The van der Waals surface area contributed by atoms with E-state index in [4.69, 9.17) is 8.85 Å². The van der Waals surface area contributed by atoms with Crippen molar-refractivity contribution in [2.45, 2.75) is 117 Å². The van der Waals surface area contributed by atoms with Gasteiger partial charge in [-0.25, -0.2) is 0 Å².